The maximum Gasteiger partial charge on any atom is 0.475 e. The molecule has 1 aromatic carbocycles. The molecular formula is C21H26N5O6PS. The summed E-state index contributed by atoms with van der Waals surface area (Å²) in [6.45, 7) is 6.11. The number of ether oxygens (including phenoxy) is 1. The number of rotatable bonds is 5. The molecule has 34 heavy (non-hydrogen) atoms. The van der Waals surface area contributed by atoms with Gasteiger partial charge < -0.3 is 15.6 Å². The molecule has 2 aromatic heterocycles. The predicted molar refractivity (Wildman–Crippen MR) is 125 cm³/mol. The number of fused-ring (bicyclic) bond motifs is 2. The Balaban J connectivity index is 1.42. The molecule has 0 amide bonds. The molecule has 3 aromatic rings. The lowest BCUT2D eigenvalue weighted by atomic mass is 10.1. The number of phosphoric ester groups is 1. The van der Waals surface area contributed by atoms with E-state index in [2.05, 4.69) is 15.0 Å². The van der Waals surface area contributed by atoms with E-state index in [1.54, 1.807) is 4.57 Å². The zero-order chi connectivity index (χ0) is 24.1. The number of nitrogen functional groups attached to an aromatic ring is 1. The van der Waals surface area contributed by atoms with Crippen LogP contribution in [0.4, 0.5) is 5.82 Å². The van der Waals surface area contributed by atoms with E-state index < -0.39 is 32.4 Å². The van der Waals surface area contributed by atoms with E-state index in [0.717, 1.165) is 5.56 Å². The minimum Gasteiger partial charge on any atom is -0.386 e. The van der Waals surface area contributed by atoms with Crippen LogP contribution in [0, 0.1) is 0 Å². The Labute approximate surface area is 200 Å². The third-order valence-electron chi connectivity index (χ3n) is 5.31. The first-order valence-electron chi connectivity index (χ1n) is 10.8. The number of hydrogen-bond donors (Lipinski definition) is 2. The fraction of sp³-hybridized carbons (Fsp3) is 0.476. The van der Waals surface area contributed by atoms with Gasteiger partial charge in [0.15, 0.2) is 28.4 Å². The number of aromatic nitrogens is 4. The van der Waals surface area contributed by atoms with Crippen molar-refractivity contribution in [2.75, 3.05) is 12.3 Å². The summed E-state index contributed by atoms with van der Waals surface area (Å²) in [7, 11) is -3.91. The zero-order valence-electron chi connectivity index (χ0n) is 18.9. The second-order valence-corrected chi connectivity index (χ2v) is 12.5. The average Bonchev–Trinajstić information content (AvgIpc) is 3.29. The molecule has 3 N–H and O–H groups in total. The third kappa shape index (κ3) is 4.59. The van der Waals surface area contributed by atoms with E-state index in [9.17, 15) is 9.67 Å². The first-order valence-corrected chi connectivity index (χ1v) is 13.0. The van der Waals surface area contributed by atoms with Crippen LogP contribution in [0.3, 0.4) is 0 Å². The van der Waals surface area contributed by atoms with Gasteiger partial charge in [0, 0.05) is 4.75 Å². The van der Waals surface area contributed by atoms with Gasteiger partial charge in [-0.2, -0.15) is 0 Å². The van der Waals surface area contributed by atoms with Crippen molar-refractivity contribution in [2.45, 2.75) is 61.8 Å². The number of benzene rings is 1. The monoisotopic (exact) mass is 507 g/mol. The second-order valence-electron chi connectivity index (χ2n) is 9.04. The van der Waals surface area contributed by atoms with E-state index >= 15 is 0 Å². The zero-order valence-corrected chi connectivity index (χ0v) is 20.6. The lowest BCUT2D eigenvalue weighted by molar-refractivity contribution is -0.0730. The van der Waals surface area contributed by atoms with Crippen LogP contribution in [0.15, 0.2) is 41.8 Å². The summed E-state index contributed by atoms with van der Waals surface area (Å²) in [5.74, 6) is 0.225. The molecule has 182 valence electrons. The Morgan fingerprint density at radius 2 is 2.06 bits per heavy atom. The topological polar surface area (TPSA) is 144 Å². The molecule has 4 heterocycles. The molecule has 1 unspecified atom stereocenters. The summed E-state index contributed by atoms with van der Waals surface area (Å²) in [6.07, 6.45) is -2.35. The van der Waals surface area contributed by atoms with Crippen molar-refractivity contribution in [2.24, 2.45) is 0 Å². The summed E-state index contributed by atoms with van der Waals surface area (Å²) in [4.78, 5) is 13.0. The van der Waals surface area contributed by atoms with Gasteiger partial charge in [0.05, 0.1) is 13.2 Å². The molecule has 5 rings (SSSR count). The number of aliphatic hydroxyl groups is 1. The summed E-state index contributed by atoms with van der Waals surface area (Å²) in [6, 6.07) is 9.26. The highest BCUT2D eigenvalue weighted by Crippen LogP contribution is 2.57. The van der Waals surface area contributed by atoms with Gasteiger partial charge in [0.1, 0.15) is 24.6 Å². The van der Waals surface area contributed by atoms with Crippen LogP contribution >= 0.6 is 19.6 Å². The van der Waals surface area contributed by atoms with E-state index in [0.29, 0.717) is 16.3 Å². The van der Waals surface area contributed by atoms with Gasteiger partial charge in [-0.1, -0.05) is 62.9 Å². The summed E-state index contributed by atoms with van der Waals surface area (Å²) >= 11 is 1.48. The largest absolute Gasteiger partial charge is 0.475 e. The Kier molecular flexibility index (Phi) is 6.18. The molecule has 2 saturated heterocycles. The maximum absolute atomic E-state index is 13.1. The quantitative estimate of drug-likeness (QED) is 0.388. The van der Waals surface area contributed by atoms with E-state index in [4.69, 9.17) is 24.0 Å². The number of nitrogens with two attached hydrogens (primary N) is 1. The van der Waals surface area contributed by atoms with Gasteiger partial charge in [-0.3, -0.25) is 18.1 Å². The van der Waals surface area contributed by atoms with Gasteiger partial charge in [0.25, 0.3) is 0 Å². The molecule has 11 nitrogen and oxygen atoms in total. The Morgan fingerprint density at radius 3 is 2.79 bits per heavy atom. The highest BCUT2D eigenvalue weighted by atomic mass is 32.2. The number of aliphatic hydroxyl groups excluding tert-OH is 1. The fourth-order valence-electron chi connectivity index (χ4n) is 3.82. The smallest absolute Gasteiger partial charge is 0.386 e. The van der Waals surface area contributed by atoms with Crippen molar-refractivity contribution in [1.29, 1.82) is 0 Å². The molecule has 0 bridgehead atoms. The van der Waals surface area contributed by atoms with Gasteiger partial charge in [0.2, 0.25) is 0 Å². The van der Waals surface area contributed by atoms with Crippen LogP contribution in [-0.4, -0.2) is 54.3 Å². The number of phosphoric acid groups is 1. The molecule has 13 heteroatoms. The number of thioether (sulfide) groups is 1. The van der Waals surface area contributed by atoms with Crippen LogP contribution in [0.2, 0.25) is 0 Å². The minimum atomic E-state index is -3.91. The lowest BCUT2D eigenvalue weighted by Gasteiger charge is -2.30. The summed E-state index contributed by atoms with van der Waals surface area (Å²) < 4.78 is 37.3. The van der Waals surface area contributed by atoms with Crippen LogP contribution in [0.1, 0.15) is 32.6 Å². The van der Waals surface area contributed by atoms with Crippen LogP contribution in [0.25, 0.3) is 11.2 Å². The highest BCUT2D eigenvalue weighted by molar-refractivity contribution is 8.00. The Bertz CT molecular complexity index is 1240. The maximum atomic E-state index is 13.1. The first-order chi connectivity index (χ1) is 16.1. The predicted octanol–water partition coefficient (Wildman–Crippen LogP) is 3.30. The van der Waals surface area contributed by atoms with Crippen molar-refractivity contribution in [1.82, 2.24) is 19.5 Å². The van der Waals surface area contributed by atoms with E-state index in [-0.39, 0.29) is 23.8 Å². The van der Waals surface area contributed by atoms with Crippen LogP contribution in [-0.2, 0) is 29.5 Å². The molecule has 0 aliphatic carbocycles. The Hall–Kier alpha value is -2.05. The van der Waals surface area contributed by atoms with Crippen molar-refractivity contribution >= 4 is 36.6 Å². The van der Waals surface area contributed by atoms with Gasteiger partial charge >= 0.3 is 7.82 Å². The fourth-order valence-corrected chi connectivity index (χ4v) is 6.18. The average molecular weight is 508 g/mol. The van der Waals surface area contributed by atoms with Crippen molar-refractivity contribution in [3.63, 3.8) is 0 Å². The number of anilines is 1. The van der Waals surface area contributed by atoms with Gasteiger partial charge in [-0.05, 0) is 5.56 Å². The van der Waals surface area contributed by atoms with Gasteiger partial charge in [-0.15, -0.1) is 0 Å². The first kappa shape index (κ1) is 23.7. The third-order valence-corrected chi connectivity index (χ3v) is 7.81. The summed E-state index contributed by atoms with van der Waals surface area (Å²) in [5.41, 5.74) is 7.68. The highest BCUT2D eigenvalue weighted by Gasteiger charge is 2.54. The number of hydrogen-bond acceptors (Lipinski definition) is 11. The molecule has 2 aliphatic heterocycles. The van der Waals surface area contributed by atoms with Crippen LogP contribution < -0.4 is 5.73 Å². The Morgan fingerprint density at radius 1 is 1.29 bits per heavy atom. The van der Waals surface area contributed by atoms with Gasteiger partial charge in [-0.25, -0.2) is 19.5 Å². The molecule has 0 radical (unpaired) electrons. The van der Waals surface area contributed by atoms with Crippen LogP contribution in [0.5, 0.6) is 0 Å². The molecule has 5 atom stereocenters. The lowest BCUT2D eigenvalue weighted by Crippen LogP contribution is -2.39. The summed E-state index contributed by atoms with van der Waals surface area (Å²) in [5, 5.41) is 11.8. The van der Waals surface area contributed by atoms with Crippen molar-refractivity contribution in [3.8, 4) is 0 Å². The number of nitrogens with zero attached hydrogens (tertiary/aromatic N) is 4. The normalized spacial score (nSPS) is 29.4. The SMILES string of the molecule is CC(C)(C)Sc1nc2c(N)ncnc2n1[C@@H]1O[C@@H]2COP(=O)(OCc3ccccc3)O[C@H]2[C@H]1O. The molecule has 2 fully saturated rings. The minimum absolute atomic E-state index is 0.0462. The standard InChI is InChI=1S/C21H26N5O6PS/c1-21(2,3)34-20-25-14-17(22)23-11-24-18(14)26(20)19-15(27)16-13(31-19)10-30-33(28,32-16)29-9-12-7-5-4-6-8-12/h4-8,11,13,15-16,19,27H,9-10H2,1-3H3,(H2,22,23,24)/t13-,15-,16-,19-,33?/m1/s1. The number of imidazole rings is 1. The van der Waals surface area contributed by atoms with E-state index in [1.165, 1.54) is 18.1 Å². The van der Waals surface area contributed by atoms with Crippen molar-refractivity contribution in [3.05, 3.63) is 42.2 Å². The molecule has 2 aliphatic rings. The second kappa shape index (κ2) is 8.87. The van der Waals surface area contributed by atoms with Crippen molar-refractivity contribution < 1.29 is 28.0 Å². The molecular weight excluding hydrogens is 481 g/mol. The molecule has 0 saturated carbocycles. The van der Waals surface area contributed by atoms with E-state index in [1.807, 2.05) is 51.1 Å². The molecule has 0 spiro atoms.